The normalized spacial score (nSPS) is 13.1. The van der Waals surface area contributed by atoms with Crippen LogP contribution >= 0.6 is 0 Å². The lowest BCUT2D eigenvalue weighted by Crippen LogP contribution is -2.31. The molecule has 0 saturated heterocycles. The monoisotopic (exact) mass is 270 g/mol. The van der Waals surface area contributed by atoms with Gasteiger partial charge in [0, 0.05) is 11.6 Å². The van der Waals surface area contributed by atoms with Crippen LogP contribution in [0.1, 0.15) is 30.6 Å². The maximum atomic E-state index is 11.8. The molecule has 1 unspecified atom stereocenters. The summed E-state index contributed by atoms with van der Waals surface area (Å²) >= 11 is 0. The van der Waals surface area contributed by atoms with Crippen LogP contribution in [0.25, 0.3) is 0 Å². The van der Waals surface area contributed by atoms with Crippen LogP contribution < -0.4 is 10.0 Å². The van der Waals surface area contributed by atoms with Crippen molar-refractivity contribution in [2.45, 2.75) is 31.2 Å². The lowest BCUT2D eigenvalue weighted by atomic mass is 10.2. The highest BCUT2D eigenvalue weighted by atomic mass is 32.2. The first-order valence-electron chi connectivity index (χ1n) is 5.75. The Morgan fingerprint density at radius 1 is 1.28 bits per heavy atom. The molecule has 0 aliphatic rings. The Balaban J connectivity index is 2.87. The highest BCUT2D eigenvalue weighted by Crippen LogP contribution is 2.10. The molecular formula is C12H18N2O3S. The number of nitrogens with one attached hydrogen (secondary N) is 2. The van der Waals surface area contributed by atoms with Crippen LogP contribution in [0.3, 0.4) is 0 Å². The van der Waals surface area contributed by atoms with Gasteiger partial charge in [-0.3, -0.25) is 4.79 Å². The summed E-state index contributed by atoms with van der Waals surface area (Å²) < 4.78 is 25.2. The van der Waals surface area contributed by atoms with Gasteiger partial charge in [-0.25, -0.2) is 13.1 Å². The van der Waals surface area contributed by atoms with E-state index in [1.165, 1.54) is 31.3 Å². The van der Waals surface area contributed by atoms with Crippen molar-refractivity contribution >= 4 is 15.9 Å². The van der Waals surface area contributed by atoms with E-state index in [0.717, 1.165) is 6.42 Å². The van der Waals surface area contributed by atoms with Gasteiger partial charge in [0.1, 0.15) is 0 Å². The number of carbonyl (C=O) groups is 1. The van der Waals surface area contributed by atoms with Crippen LogP contribution in [0.15, 0.2) is 29.2 Å². The Labute approximate surface area is 108 Å². The summed E-state index contributed by atoms with van der Waals surface area (Å²) in [5.74, 6) is -0.197. The second-order valence-corrected chi connectivity index (χ2v) is 5.90. The lowest BCUT2D eigenvalue weighted by molar-refractivity contribution is 0.0939. The molecule has 1 aromatic rings. The topological polar surface area (TPSA) is 75.3 Å². The van der Waals surface area contributed by atoms with E-state index in [2.05, 4.69) is 10.0 Å². The molecule has 100 valence electrons. The van der Waals surface area contributed by atoms with Crippen LogP contribution in [0, 0.1) is 0 Å². The summed E-state index contributed by atoms with van der Waals surface area (Å²) in [5.41, 5.74) is 0.449. The number of hydrogen-bond acceptors (Lipinski definition) is 3. The van der Waals surface area contributed by atoms with E-state index in [0.29, 0.717) is 5.56 Å². The van der Waals surface area contributed by atoms with E-state index >= 15 is 0 Å². The molecule has 2 N–H and O–H groups in total. The first-order valence-corrected chi connectivity index (χ1v) is 7.23. The van der Waals surface area contributed by atoms with Gasteiger partial charge in [-0.15, -0.1) is 0 Å². The first kappa shape index (κ1) is 14.7. The minimum absolute atomic E-state index is 0.0956. The van der Waals surface area contributed by atoms with Crippen LogP contribution in [-0.2, 0) is 10.0 Å². The molecule has 0 aliphatic carbocycles. The maximum Gasteiger partial charge on any atom is 0.251 e. The summed E-state index contributed by atoms with van der Waals surface area (Å²) in [5, 5.41) is 2.81. The molecule has 0 bridgehead atoms. The molecule has 0 heterocycles. The van der Waals surface area contributed by atoms with E-state index in [1.807, 2.05) is 13.8 Å². The van der Waals surface area contributed by atoms with Crippen molar-refractivity contribution in [2.24, 2.45) is 0 Å². The minimum Gasteiger partial charge on any atom is -0.350 e. The Kier molecular flexibility index (Phi) is 4.86. The Hall–Kier alpha value is -1.40. The van der Waals surface area contributed by atoms with Crippen LogP contribution in [0.5, 0.6) is 0 Å². The smallest absolute Gasteiger partial charge is 0.251 e. The van der Waals surface area contributed by atoms with Crippen molar-refractivity contribution in [3.63, 3.8) is 0 Å². The summed E-state index contributed by atoms with van der Waals surface area (Å²) in [7, 11) is -2.10. The van der Waals surface area contributed by atoms with Gasteiger partial charge in [-0.05, 0) is 44.7 Å². The van der Waals surface area contributed by atoms with Gasteiger partial charge in [0.05, 0.1) is 4.90 Å². The highest BCUT2D eigenvalue weighted by Gasteiger charge is 2.13. The number of rotatable bonds is 5. The van der Waals surface area contributed by atoms with Crippen LogP contribution in [0.2, 0.25) is 0 Å². The molecule has 0 spiro atoms. The zero-order chi connectivity index (χ0) is 13.8. The molecular weight excluding hydrogens is 252 g/mol. The van der Waals surface area contributed by atoms with Crippen molar-refractivity contribution < 1.29 is 13.2 Å². The molecule has 1 rings (SSSR count). The van der Waals surface area contributed by atoms with E-state index in [-0.39, 0.29) is 16.8 Å². The van der Waals surface area contributed by atoms with Crippen molar-refractivity contribution in [3.05, 3.63) is 29.8 Å². The van der Waals surface area contributed by atoms with E-state index < -0.39 is 10.0 Å². The zero-order valence-electron chi connectivity index (χ0n) is 10.7. The molecule has 0 fully saturated rings. The average molecular weight is 270 g/mol. The van der Waals surface area contributed by atoms with Crippen molar-refractivity contribution in [1.82, 2.24) is 10.0 Å². The van der Waals surface area contributed by atoms with Gasteiger partial charge < -0.3 is 5.32 Å². The lowest BCUT2D eigenvalue weighted by Gasteiger charge is -2.11. The quantitative estimate of drug-likeness (QED) is 0.842. The Bertz CT molecular complexity index is 509. The molecule has 1 aromatic carbocycles. The van der Waals surface area contributed by atoms with Gasteiger partial charge in [0.2, 0.25) is 10.0 Å². The molecule has 0 radical (unpaired) electrons. The minimum atomic E-state index is -3.45. The van der Waals surface area contributed by atoms with Crippen LogP contribution in [-0.4, -0.2) is 27.4 Å². The molecule has 1 atom stereocenters. The maximum absolute atomic E-state index is 11.8. The standard InChI is InChI=1S/C12H18N2O3S/c1-4-9(2)14-12(15)10-5-7-11(8-6-10)18(16,17)13-3/h5-9,13H,4H2,1-3H3,(H,14,15). The van der Waals surface area contributed by atoms with E-state index in [1.54, 1.807) is 0 Å². The van der Waals surface area contributed by atoms with Crippen molar-refractivity contribution in [2.75, 3.05) is 7.05 Å². The second-order valence-electron chi connectivity index (χ2n) is 4.01. The molecule has 18 heavy (non-hydrogen) atoms. The number of hydrogen-bond donors (Lipinski definition) is 2. The Morgan fingerprint density at radius 2 is 1.83 bits per heavy atom. The first-order chi connectivity index (χ1) is 8.40. The average Bonchev–Trinajstić information content (AvgIpc) is 2.38. The van der Waals surface area contributed by atoms with Gasteiger partial charge in [0.25, 0.3) is 5.91 Å². The zero-order valence-corrected chi connectivity index (χ0v) is 11.5. The van der Waals surface area contributed by atoms with Gasteiger partial charge in [-0.1, -0.05) is 6.92 Å². The fraction of sp³-hybridized carbons (Fsp3) is 0.417. The third kappa shape index (κ3) is 3.54. The fourth-order valence-corrected chi connectivity index (χ4v) is 2.04. The summed E-state index contributed by atoms with van der Waals surface area (Å²) in [6.45, 7) is 3.89. The predicted octanol–water partition coefficient (Wildman–Crippen LogP) is 1.12. The van der Waals surface area contributed by atoms with Crippen molar-refractivity contribution in [3.8, 4) is 0 Å². The van der Waals surface area contributed by atoms with Crippen molar-refractivity contribution in [1.29, 1.82) is 0 Å². The molecule has 1 amide bonds. The summed E-state index contributed by atoms with van der Waals surface area (Å²) in [4.78, 5) is 11.9. The number of amides is 1. The largest absolute Gasteiger partial charge is 0.350 e. The third-order valence-corrected chi connectivity index (χ3v) is 4.12. The molecule has 0 aromatic heterocycles. The SMILES string of the molecule is CCC(C)NC(=O)c1ccc(S(=O)(=O)NC)cc1. The number of carbonyl (C=O) groups excluding carboxylic acids is 1. The predicted molar refractivity (Wildman–Crippen MR) is 69.9 cm³/mol. The Morgan fingerprint density at radius 3 is 2.28 bits per heavy atom. The van der Waals surface area contributed by atoms with Gasteiger partial charge >= 0.3 is 0 Å². The fourth-order valence-electron chi connectivity index (χ4n) is 1.31. The summed E-state index contributed by atoms with van der Waals surface area (Å²) in [6.07, 6.45) is 0.845. The number of sulfonamides is 1. The van der Waals surface area contributed by atoms with Gasteiger partial charge in [-0.2, -0.15) is 0 Å². The molecule has 0 saturated carbocycles. The molecule has 5 nitrogen and oxygen atoms in total. The van der Waals surface area contributed by atoms with Crippen LogP contribution in [0.4, 0.5) is 0 Å². The van der Waals surface area contributed by atoms with E-state index in [9.17, 15) is 13.2 Å². The van der Waals surface area contributed by atoms with Gasteiger partial charge in [0.15, 0.2) is 0 Å². The molecule has 0 aliphatic heterocycles. The highest BCUT2D eigenvalue weighted by molar-refractivity contribution is 7.89. The summed E-state index contributed by atoms with van der Waals surface area (Å²) in [6, 6.07) is 5.93. The number of benzene rings is 1. The van der Waals surface area contributed by atoms with E-state index in [4.69, 9.17) is 0 Å². The molecule has 6 heteroatoms. The third-order valence-electron chi connectivity index (χ3n) is 2.69. The second kappa shape index (κ2) is 5.97.